The number of aromatic nitrogens is 5. The monoisotopic (exact) mass is 520 g/mol. The van der Waals surface area contributed by atoms with Gasteiger partial charge in [0.1, 0.15) is 18.2 Å². The topological polar surface area (TPSA) is 123 Å². The number of nitrogens with zero attached hydrogens (tertiary/aromatic N) is 4. The number of benzene rings is 2. The fourth-order valence-electron chi connectivity index (χ4n) is 5.43. The molecule has 1 atom stereocenters. The van der Waals surface area contributed by atoms with Crippen LogP contribution in [0, 0.1) is 5.92 Å². The fourth-order valence-corrected chi connectivity index (χ4v) is 5.43. The number of fused-ring (bicyclic) bond motifs is 2. The first kappa shape index (κ1) is 24.5. The summed E-state index contributed by atoms with van der Waals surface area (Å²) in [6.45, 7) is 1.81. The lowest BCUT2D eigenvalue weighted by Crippen LogP contribution is -2.34. The Kier molecular flexibility index (Phi) is 6.40. The second-order valence-corrected chi connectivity index (χ2v) is 10.0. The number of para-hydroxylation sites is 1. The molecular formula is C30H30N7O2+. The van der Waals surface area contributed by atoms with E-state index in [1.165, 1.54) is 25.7 Å². The standard InChI is InChI=1S/C30H29N7O2/c1-19(33-29(38)25-26(31)35-36-18-8-17-32-28(25)36)27-34-23-14-7-11-21(16-15-20-9-5-6-10-20)24(23)30(39)37(27)22-12-3-2-4-13-22/h2-4,7-8,11-20H,5-6,9-10H2,1H3,(H3,31,33,35,38)/p+1. The van der Waals surface area contributed by atoms with E-state index in [4.69, 9.17) is 10.7 Å². The largest absolute Gasteiger partial charge is 0.382 e. The fraction of sp³-hybridized carbons (Fsp3) is 0.233. The molecule has 0 saturated heterocycles. The molecule has 4 N–H and O–H groups in total. The zero-order valence-electron chi connectivity index (χ0n) is 21.7. The van der Waals surface area contributed by atoms with E-state index in [1.807, 2.05) is 48.5 Å². The molecule has 5 aromatic rings. The average Bonchev–Trinajstić information content (AvgIpc) is 3.59. The van der Waals surface area contributed by atoms with Crippen molar-refractivity contribution in [2.24, 2.45) is 5.92 Å². The Labute approximate surface area is 225 Å². The van der Waals surface area contributed by atoms with E-state index >= 15 is 0 Å². The zero-order valence-corrected chi connectivity index (χ0v) is 21.7. The number of carbonyl (C=O) groups excluding carboxylic acids is 1. The Bertz CT molecular complexity index is 1770. The van der Waals surface area contributed by atoms with Crippen LogP contribution in [-0.2, 0) is 0 Å². The Morgan fingerprint density at radius 2 is 1.95 bits per heavy atom. The van der Waals surface area contributed by atoms with Gasteiger partial charge >= 0.3 is 5.65 Å². The smallest absolute Gasteiger partial charge is 0.362 e. The van der Waals surface area contributed by atoms with Gasteiger partial charge in [0.25, 0.3) is 11.5 Å². The first-order valence-corrected chi connectivity index (χ1v) is 13.3. The molecule has 196 valence electrons. The molecular weight excluding hydrogens is 490 g/mol. The third-order valence-electron chi connectivity index (χ3n) is 7.36. The Morgan fingerprint density at radius 3 is 2.74 bits per heavy atom. The summed E-state index contributed by atoms with van der Waals surface area (Å²) >= 11 is 0. The molecule has 0 spiro atoms. The van der Waals surface area contributed by atoms with Gasteiger partial charge in [-0.15, -0.1) is 4.52 Å². The summed E-state index contributed by atoms with van der Waals surface area (Å²) in [4.78, 5) is 36.8. The highest BCUT2D eigenvalue weighted by Crippen LogP contribution is 2.28. The van der Waals surface area contributed by atoms with E-state index in [0.29, 0.717) is 34.0 Å². The molecule has 0 radical (unpaired) electrons. The van der Waals surface area contributed by atoms with Crippen LogP contribution in [0.4, 0.5) is 5.82 Å². The van der Waals surface area contributed by atoms with Crippen LogP contribution in [-0.4, -0.2) is 25.5 Å². The van der Waals surface area contributed by atoms with Crippen molar-refractivity contribution in [3.8, 4) is 5.69 Å². The van der Waals surface area contributed by atoms with Gasteiger partial charge < -0.3 is 11.1 Å². The van der Waals surface area contributed by atoms with Crippen molar-refractivity contribution < 1.29 is 9.31 Å². The molecule has 39 heavy (non-hydrogen) atoms. The quantitative estimate of drug-likeness (QED) is 0.291. The van der Waals surface area contributed by atoms with Crippen molar-refractivity contribution in [2.75, 3.05) is 5.73 Å². The predicted molar refractivity (Wildman–Crippen MR) is 150 cm³/mol. The van der Waals surface area contributed by atoms with Gasteiger partial charge in [-0.1, -0.05) is 55.3 Å². The number of hydrogen-bond acceptors (Lipinski definition) is 5. The molecule has 1 amide bonds. The van der Waals surface area contributed by atoms with Crippen LogP contribution < -0.4 is 21.1 Å². The minimum atomic E-state index is -0.620. The number of hydrogen-bond donors (Lipinski definition) is 3. The van der Waals surface area contributed by atoms with E-state index in [2.05, 4.69) is 27.6 Å². The van der Waals surface area contributed by atoms with E-state index in [-0.39, 0.29) is 16.9 Å². The van der Waals surface area contributed by atoms with Gasteiger partial charge in [-0.2, -0.15) is 0 Å². The molecule has 2 aromatic carbocycles. The highest BCUT2D eigenvalue weighted by molar-refractivity contribution is 6.03. The second-order valence-electron chi connectivity index (χ2n) is 10.0. The van der Waals surface area contributed by atoms with E-state index < -0.39 is 11.9 Å². The molecule has 1 fully saturated rings. The van der Waals surface area contributed by atoms with Gasteiger partial charge in [-0.25, -0.2) is 10.1 Å². The first-order valence-electron chi connectivity index (χ1n) is 13.3. The molecule has 9 nitrogen and oxygen atoms in total. The van der Waals surface area contributed by atoms with Crippen LogP contribution in [0.15, 0.2) is 77.9 Å². The van der Waals surface area contributed by atoms with Crippen LogP contribution in [0.2, 0.25) is 0 Å². The van der Waals surface area contributed by atoms with Crippen LogP contribution >= 0.6 is 0 Å². The van der Waals surface area contributed by atoms with E-state index in [0.717, 1.165) is 5.56 Å². The predicted octanol–water partition coefficient (Wildman–Crippen LogP) is 4.12. The summed E-state index contributed by atoms with van der Waals surface area (Å²) < 4.78 is 3.18. The normalized spacial score (nSPS) is 14.9. The average molecular weight is 521 g/mol. The van der Waals surface area contributed by atoms with Crippen LogP contribution in [0.25, 0.3) is 28.3 Å². The molecule has 3 heterocycles. The Hall–Kier alpha value is -4.79. The zero-order chi connectivity index (χ0) is 26.9. The SMILES string of the molecule is CC(NC(=O)c1c(N)[nH][n+]2cccnc12)c1nc2cccc(C=CC3CCCC3)c2c(=O)n1-c1ccccc1. The Balaban J connectivity index is 1.45. The molecule has 3 aromatic heterocycles. The highest BCUT2D eigenvalue weighted by atomic mass is 16.2. The molecule has 6 rings (SSSR count). The van der Waals surface area contributed by atoms with Crippen LogP contribution in [0.3, 0.4) is 0 Å². The number of carbonyl (C=O) groups is 1. The maximum atomic E-state index is 14.2. The summed E-state index contributed by atoms with van der Waals surface area (Å²) in [6, 6.07) is 16.2. The van der Waals surface area contributed by atoms with Crippen molar-refractivity contribution in [3.63, 3.8) is 0 Å². The van der Waals surface area contributed by atoms with Gasteiger partial charge in [0.2, 0.25) is 0 Å². The van der Waals surface area contributed by atoms with Crippen molar-refractivity contribution in [2.45, 2.75) is 38.6 Å². The third kappa shape index (κ3) is 4.56. The number of H-pyrrole nitrogens is 1. The Morgan fingerprint density at radius 1 is 1.15 bits per heavy atom. The van der Waals surface area contributed by atoms with Gasteiger partial charge in [0.05, 0.1) is 22.6 Å². The van der Waals surface area contributed by atoms with Crippen molar-refractivity contribution in [1.82, 2.24) is 25.0 Å². The lowest BCUT2D eigenvalue weighted by Gasteiger charge is -2.20. The number of nitrogen functional groups attached to an aromatic ring is 1. The first-order chi connectivity index (χ1) is 19.0. The number of amides is 1. The number of nitrogens with two attached hydrogens (primary N) is 1. The maximum Gasteiger partial charge on any atom is 0.362 e. The lowest BCUT2D eigenvalue weighted by atomic mass is 10.0. The minimum Gasteiger partial charge on any atom is -0.382 e. The lowest BCUT2D eigenvalue weighted by molar-refractivity contribution is -0.577. The van der Waals surface area contributed by atoms with Crippen molar-refractivity contribution in [1.29, 1.82) is 0 Å². The summed E-state index contributed by atoms with van der Waals surface area (Å²) in [7, 11) is 0. The number of aromatic amines is 1. The third-order valence-corrected chi connectivity index (χ3v) is 7.36. The van der Waals surface area contributed by atoms with Crippen molar-refractivity contribution >= 4 is 34.4 Å². The summed E-state index contributed by atoms with van der Waals surface area (Å²) in [5, 5.41) is 6.46. The second kappa shape index (κ2) is 10.2. The molecule has 9 heteroatoms. The van der Waals surface area contributed by atoms with E-state index in [1.54, 1.807) is 34.5 Å². The summed E-state index contributed by atoms with van der Waals surface area (Å²) in [5.41, 5.74) is 8.68. The molecule has 0 bridgehead atoms. The number of allylic oxidation sites excluding steroid dienone is 1. The van der Waals surface area contributed by atoms with E-state index in [9.17, 15) is 9.59 Å². The van der Waals surface area contributed by atoms with Gasteiger partial charge in [-0.3, -0.25) is 14.2 Å². The van der Waals surface area contributed by atoms with Gasteiger partial charge in [-0.05, 0) is 54.4 Å². The summed E-state index contributed by atoms with van der Waals surface area (Å²) in [6.07, 6.45) is 12.5. The van der Waals surface area contributed by atoms with Crippen LogP contribution in [0.1, 0.15) is 60.4 Å². The molecule has 1 aliphatic carbocycles. The molecule has 0 aliphatic heterocycles. The maximum absolute atomic E-state index is 14.2. The van der Waals surface area contributed by atoms with Crippen LogP contribution in [0.5, 0.6) is 0 Å². The summed E-state index contributed by atoms with van der Waals surface area (Å²) in [5.74, 6) is 0.746. The van der Waals surface area contributed by atoms with Crippen molar-refractivity contribution in [3.05, 3.63) is 100 Å². The number of anilines is 1. The van der Waals surface area contributed by atoms with Gasteiger partial charge in [0, 0.05) is 6.07 Å². The number of rotatable bonds is 6. The minimum absolute atomic E-state index is 0.183. The molecule has 1 aliphatic rings. The molecule has 1 unspecified atom stereocenters. The number of nitrogens with one attached hydrogen (secondary N) is 2. The van der Waals surface area contributed by atoms with Gasteiger partial charge in [0.15, 0.2) is 11.4 Å². The molecule has 1 saturated carbocycles. The highest BCUT2D eigenvalue weighted by Gasteiger charge is 2.27.